The van der Waals surface area contributed by atoms with Crippen molar-refractivity contribution in [3.63, 3.8) is 0 Å². The van der Waals surface area contributed by atoms with Crippen molar-refractivity contribution in [1.29, 1.82) is 0 Å². The van der Waals surface area contributed by atoms with Crippen LogP contribution in [0.25, 0.3) is 6.08 Å². The Morgan fingerprint density at radius 2 is 2.30 bits per heavy atom. The van der Waals surface area contributed by atoms with E-state index in [9.17, 15) is 0 Å². The smallest absolute Gasteiger partial charge is 0.0824 e. The number of nitrogens with zero attached hydrogens (tertiary/aromatic N) is 1. The largest absolute Gasteiger partial charge is 0.397 e. The van der Waals surface area contributed by atoms with E-state index in [1.165, 1.54) is 6.20 Å². The molecule has 1 heterocycles. The van der Waals surface area contributed by atoms with Gasteiger partial charge in [-0.3, -0.25) is 4.98 Å². The van der Waals surface area contributed by atoms with Crippen LogP contribution in [0.3, 0.4) is 0 Å². The maximum Gasteiger partial charge on any atom is 0.0824 e. The maximum atomic E-state index is 5.66. The van der Waals surface area contributed by atoms with E-state index >= 15 is 0 Å². The van der Waals surface area contributed by atoms with Gasteiger partial charge in [0.15, 0.2) is 0 Å². The Bertz CT molecular complexity index is 258. The Morgan fingerprint density at radius 1 is 1.60 bits per heavy atom. The molecule has 1 aromatic rings. The number of hydrogen-bond acceptors (Lipinski definition) is 2. The first kappa shape index (κ1) is 7.09. The van der Waals surface area contributed by atoms with Crippen molar-refractivity contribution in [2.75, 3.05) is 5.73 Å². The molecule has 0 spiro atoms. The Kier molecular flexibility index (Phi) is 1.92. The van der Waals surface area contributed by atoms with Crippen molar-refractivity contribution in [2.24, 2.45) is 0 Å². The summed E-state index contributed by atoms with van der Waals surface area (Å²) in [6, 6.07) is 0. The summed E-state index contributed by atoms with van der Waals surface area (Å²) in [5, 5.41) is 0.470. The number of aromatic nitrogens is 1. The number of nitrogen functional groups attached to an aromatic ring is 1. The molecule has 10 heavy (non-hydrogen) atoms. The lowest BCUT2D eigenvalue weighted by molar-refractivity contribution is 1.32. The molecule has 0 bridgehead atoms. The lowest BCUT2D eigenvalue weighted by Crippen LogP contribution is -1.90. The van der Waals surface area contributed by atoms with E-state index in [0.717, 1.165) is 5.56 Å². The van der Waals surface area contributed by atoms with Crippen LogP contribution in [0.5, 0.6) is 0 Å². The van der Waals surface area contributed by atoms with E-state index in [2.05, 4.69) is 11.6 Å². The zero-order valence-electron chi connectivity index (χ0n) is 5.34. The Hall–Kier alpha value is -1.02. The lowest BCUT2D eigenvalue weighted by Gasteiger charge is -1.99. The number of nitrogens with two attached hydrogens (primary N) is 1. The van der Waals surface area contributed by atoms with Gasteiger partial charge in [0.2, 0.25) is 0 Å². The van der Waals surface area contributed by atoms with Gasteiger partial charge in [-0.25, -0.2) is 0 Å². The molecule has 0 aliphatic carbocycles. The molecular formula is C7H7ClN2. The van der Waals surface area contributed by atoms with Crippen LogP contribution in [-0.2, 0) is 0 Å². The van der Waals surface area contributed by atoms with Crippen LogP contribution in [-0.4, -0.2) is 4.98 Å². The quantitative estimate of drug-likeness (QED) is 0.672. The summed E-state index contributed by atoms with van der Waals surface area (Å²) in [5.74, 6) is 0. The van der Waals surface area contributed by atoms with Crippen molar-refractivity contribution in [1.82, 2.24) is 4.98 Å². The normalized spacial score (nSPS) is 9.30. The van der Waals surface area contributed by atoms with Crippen LogP contribution in [0.15, 0.2) is 19.0 Å². The molecule has 2 N–H and O–H groups in total. The molecule has 1 rings (SSSR count). The van der Waals surface area contributed by atoms with Gasteiger partial charge in [-0.05, 0) is 0 Å². The molecule has 0 amide bonds. The van der Waals surface area contributed by atoms with E-state index in [4.69, 9.17) is 17.3 Å². The molecule has 2 nitrogen and oxygen atoms in total. The summed E-state index contributed by atoms with van der Waals surface area (Å²) < 4.78 is 0. The Labute approximate surface area is 64.3 Å². The summed E-state index contributed by atoms with van der Waals surface area (Å²) in [7, 11) is 0. The van der Waals surface area contributed by atoms with Gasteiger partial charge in [-0.15, -0.1) is 0 Å². The van der Waals surface area contributed by atoms with Gasteiger partial charge in [-0.2, -0.15) is 0 Å². The first-order chi connectivity index (χ1) is 4.75. The van der Waals surface area contributed by atoms with Crippen molar-refractivity contribution < 1.29 is 0 Å². The molecular weight excluding hydrogens is 148 g/mol. The number of halogens is 1. The molecule has 0 unspecified atom stereocenters. The zero-order chi connectivity index (χ0) is 7.56. The summed E-state index contributed by atoms with van der Waals surface area (Å²) in [4.78, 5) is 3.83. The van der Waals surface area contributed by atoms with Crippen molar-refractivity contribution in [2.45, 2.75) is 0 Å². The summed E-state index contributed by atoms with van der Waals surface area (Å²) in [6.07, 6.45) is 4.74. The van der Waals surface area contributed by atoms with Gasteiger partial charge in [0, 0.05) is 18.0 Å². The third-order valence-electron chi connectivity index (χ3n) is 1.19. The lowest BCUT2D eigenvalue weighted by atomic mass is 10.2. The average Bonchev–Trinajstić information content (AvgIpc) is 1.95. The third-order valence-corrected chi connectivity index (χ3v) is 1.49. The second kappa shape index (κ2) is 2.71. The predicted molar refractivity (Wildman–Crippen MR) is 43.8 cm³/mol. The number of pyridine rings is 1. The minimum absolute atomic E-state index is 0.470. The SMILES string of the molecule is C=Cc1cncc(Cl)c1N. The van der Waals surface area contributed by atoms with Crippen LogP contribution in [0.4, 0.5) is 5.69 Å². The highest BCUT2D eigenvalue weighted by molar-refractivity contribution is 6.33. The van der Waals surface area contributed by atoms with Gasteiger partial charge < -0.3 is 5.73 Å². The first-order valence-electron chi connectivity index (χ1n) is 2.77. The molecule has 0 atom stereocenters. The molecule has 0 radical (unpaired) electrons. The highest BCUT2D eigenvalue weighted by Crippen LogP contribution is 2.20. The van der Waals surface area contributed by atoms with E-state index in [1.54, 1.807) is 12.3 Å². The molecule has 0 aromatic carbocycles. The molecule has 0 aliphatic heterocycles. The topological polar surface area (TPSA) is 38.9 Å². The molecule has 0 fully saturated rings. The van der Waals surface area contributed by atoms with Gasteiger partial charge in [-0.1, -0.05) is 24.3 Å². The Morgan fingerprint density at radius 3 is 2.80 bits per heavy atom. The molecule has 0 saturated heterocycles. The monoisotopic (exact) mass is 154 g/mol. The van der Waals surface area contributed by atoms with Gasteiger partial charge >= 0.3 is 0 Å². The fourth-order valence-electron chi connectivity index (χ4n) is 0.623. The predicted octanol–water partition coefficient (Wildman–Crippen LogP) is 1.96. The maximum absolute atomic E-state index is 5.66. The van der Waals surface area contributed by atoms with E-state index in [0.29, 0.717) is 10.7 Å². The molecule has 3 heteroatoms. The van der Waals surface area contributed by atoms with Gasteiger partial charge in [0.1, 0.15) is 0 Å². The molecule has 0 saturated carbocycles. The number of hydrogen-bond donors (Lipinski definition) is 1. The Balaban J connectivity index is 3.27. The first-order valence-corrected chi connectivity index (χ1v) is 3.15. The van der Waals surface area contributed by atoms with Crippen LogP contribution in [0.1, 0.15) is 5.56 Å². The van der Waals surface area contributed by atoms with Gasteiger partial charge in [0.05, 0.1) is 10.7 Å². The summed E-state index contributed by atoms with van der Waals surface area (Å²) in [5.41, 5.74) is 6.85. The van der Waals surface area contributed by atoms with Crippen molar-refractivity contribution in [3.05, 3.63) is 29.6 Å². The fourth-order valence-corrected chi connectivity index (χ4v) is 0.788. The molecule has 0 aliphatic rings. The second-order valence-corrected chi connectivity index (χ2v) is 2.24. The van der Waals surface area contributed by atoms with Crippen molar-refractivity contribution in [3.8, 4) is 0 Å². The average molecular weight is 155 g/mol. The highest BCUT2D eigenvalue weighted by atomic mass is 35.5. The van der Waals surface area contributed by atoms with Crippen LogP contribution >= 0.6 is 11.6 Å². The van der Waals surface area contributed by atoms with E-state index < -0.39 is 0 Å². The van der Waals surface area contributed by atoms with Gasteiger partial charge in [0.25, 0.3) is 0 Å². The summed E-state index contributed by atoms with van der Waals surface area (Å²) >= 11 is 5.66. The molecule has 1 aromatic heterocycles. The highest BCUT2D eigenvalue weighted by Gasteiger charge is 1.98. The minimum Gasteiger partial charge on any atom is -0.397 e. The van der Waals surface area contributed by atoms with E-state index in [-0.39, 0.29) is 0 Å². The fraction of sp³-hybridized carbons (Fsp3) is 0. The van der Waals surface area contributed by atoms with Crippen molar-refractivity contribution >= 4 is 23.4 Å². The standard InChI is InChI=1S/C7H7ClN2/c1-2-5-3-10-4-6(8)7(5)9/h2-4H,1H2,(H2,9,10). The van der Waals surface area contributed by atoms with Crippen LogP contribution < -0.4 is 5.73 Å². The van der Waals surface area contributed by atoms with Crippen LogP contribution in [0.2, 0.25) is 5.02 Å². The number of anilines is 1. The van der Waals surface area contributed by atoms with E-state index in [1.807, 2.05) is 0 Å². The zero-order valence-corrected chi connectivity index (χ0v) is 6.10. The van der Waals surface area contributed by atoms with Crippen LogP contribution in [0, 0.1) is 0 Å². The minimum atomic E-state index is 0.470. The number of rotatable bonds is 1. The molecule has 52 valence electrons. The third kappa shape index (κ3) is 1.11. The second-order valence-electron chi connectivity index (χ2n) is 1.83. The summed E-state index contributed by atoms with van der Waals surface area (Å²) in [6.45, 7) is 3.55.